The maximum Gasteiger partial charge on any atom is 0.362 e. The second-order valence-electron chi connectivity index (χ2n) is 8.22. The van der Waals surface area contributed by atoms with Gasteiger partial charge in [-0.05, 0) is 31.9 Å². The fourth-order valence-corrected chi connectivity index (χ4v) is 3.94. The van der Waals surface area contributed by atoms with Crippen LogP contribution in [-0.2, 0) is 28.7 Å². The van der Waals surface area contributed by atoms with Crippen molar-refractivity contribution in [3.63, 3.8) is 0 Å². The van der Waals surface area contributed by atoms with E-state index in [2.05, 4.69) is 10.1 Å². The quantitative estimate of drug-likeness (QED) is 0.131. The first kappa shape index (κ1) is 28.6. The molecule has 1 aromatic heterocycles. The van der Waals surface area contributed by atoms with Crippen LogP contribution in [0.3, 0.4) is 0 Å². The SMILES string of the molecule is CCOC(=O)/C(=N\OC(C)(C)C(=O)OC(c1ccccc1)c1ccccc1)c1csc(=NC(=O)CCl)n1O. The highest BCUT2D eigenvalue weighted by molar-refractivity contribution is 7.07. The number of carbonyl (C=O) groups excluding carboxylic acids is 3. The predicted octanol–water partition coefficient (Wildman–Crippen LogP) is 3.85. The van der Waals surface area contributed by atoms with Crippen LogP contribution in [0.4, 0.5) is 0 Å². The summed E-state index contributed by atoms with van der Waals surface area (Å²) in [6.45, 7) is 4.45. The summed E-state index contributed by atoms with van der Waals surface area (Å²) < 4.78 is 11.4. The van der Waals surface area contributed by atoms with Crippen molar-refractivity contribution < 1.29 is 33.9 Å². The molecule has 0 saturated heterocycles. The number of hydrogen-bond acceptors (Lipinski definition) is 9. The van der Waals surface area contributed by atoms with Crippen LogP contribution in [0.5, 0.6) is 0 Å². The molecule has 0 atom stereocenters. The number of amides is 1. The van der Waals surface area contributed by atoms with E-state index in [0.29, 0.717) is 4.73 Å². The van der Waals surface area contributed by atoms with Gasteiger partial charge in [0.1, 0.15) is 11.6 Å². The smallest absolute Gasteiger partial charge is 0.362 e. The average Bonchev–Trinajstić information content (AvgIpc) is 3.27. The van der Waals surface area contributed by atoms with Crippen molar-refractivity contribution >= 4 is 46.5 Å². The minimum Gasteiger partial charge on any atom is -0.461 e. The minimum atomic E-state index is -1.66. The summed E-state index contributed by atoms with van der Waals surface area (Å²) >= 11 is 6.33. The Morgan fingerprint density at radius 3 is 2.16 bits per heavy atom. The van der Waals surface area contributed by atoms with Crippen molar-refractivity contribution in [2.75, 3.05) is 12.5 Å². The maximum absolute atomic E-state index is 13.2. The molecule has 0 fully saturated rings. The van der Waals surface area contributed by atoms with Crippen molar-refractivity contribution in [3.05, 3.63) is 87.7 Å². The highest BCUT2D eigenvalue weighted by atomic mass is 35.5. The van der Waals surface area contributed by atoms with Gasteiger partial charge in [0.25, 0.3) is 5.91 Å². The van der Waals surface area contributed by atoms with Gasteiger partial charge in [-0.2, -0.15) is 9.72 Å². The van der Waals surface area contributed by atoms with Gasteiger partial charge in [0.05, 0.1) is 6.61 Å². The number of esters is 2. The lowest BCUT2D eigenvalue weighted by molar-refractivity contribution is -0.172. The molecule has 2 aromatic carbocycles. The second kappa shape index (κ2) is 13.0. The van der Waals surface area contributed by atoms with Crippen LogP contribution >= 0.6 is 22.9 Å². The lowest BCUT2D eigenvalue weighted by Gasteiger charge is -2.25. The normalized spacial score (nSPS) is 12.3. The molecule has 0 radical (unpaired) electrons. The molecule has 1 amide bonds. The molecule has 3 aromatic rings. The summed E-state index contributed by atoms with van der Waals surface area (Å²) in [5, 5.41) is 15.6. The van der Waals surface area contributed by atoms with Crippen LogP contribution in [0.1, 0.15) is 43.7 Å². The van der Waals surface area contributed by atoms with E-state index in [1.54, 1.807) is 6.92 Å². The minimum absolute atomic E-state index is 0.0106. The van der Waals surface area contributed by atoms with E-state index in [4.69, 9.17) is 25.9 Å². The van der Waals surface area contributed by atoms with E-state index < -0.39 is 41.1 Å². The van der Waals surface area contributed by atoms with Crippen LogP contribution in [0.2, 0.25) is 0 Å². The number of ether oxygens (including phenoxy) is 2. The number of aromatic nitrogens is 1. The van der Waals surface area contributed by atoms with Gasteiger partial charge in [-0.1, -0.05) is 65.8 Å². The number of halogens is 1. The van der Waals surface area contributed by atoms with Crippen LogP contribution in [-0.4, -0.2) is 51.6 Å². The van der Waals surface area contributed by atoms with E-state index in [1.165, 1.54) is 19.2 Å². The Balaban J connectivity index is 1.91. The number of rotatable bonds is 10. The van der Waals surface area contributed by atoms with Crippen molar-refractivity contribution in [1.29, 1.82) is 0 Å². The maximum atomic E-state index is 13.2. The summed E-state index contributed by atoms with van der Waals surface area (Å²) in [4.78, 5) is 46.4. The third-order valence-electron chi connectivity index (χ3n) is 5.02. The molecule has 0 bridgehead atoms. The summed E-state index contributed by atoms with van der Waals surface area (Å²) in [7, 11) is 0. The molecule has 0 aliphatic carbocycles. The van der Waals surface area contributed by atoms with Gasteiger partial charge in [-0.25, -0.2) is 9.59 Å². The molecule has 12 heteroatoms. The molecule has 38 heavy (non-hydrogen) atoms. The number of carbonyl (C=O) groups is 3. The molecular weight excluding hydrogens is 534 g/mol. The zero-order chi connectivity index (χ0) is 27.7. The van der Waals surface area contributed by atoms with Crippen LogP contribution in [0.25, 0.3) is 0 Å². The van der Waals surface area contributed by atoms with Gasteiger partial charge in [0.2, 0.25) is 16.1 Å². The first-order valence-corrected chi connectivity index (χ1v) is 12.9. The molecule has 0 aliphatic rings. The lowest BCUT2D eigenvalue weighted by atomic mass is 10.0. The average molecular weight is 560 g/mol. The van der Waals surface area contributed by atoms with Gasteiger partial charge >= 0.3 is 11.9 Å². The number of oxime groups is 1. The Morgan fingerprint density at radius 1 is 1.05 bits per heavy atom. The standard InChI is InChI=1S/C26H26ClN3O7S/c1-4-35-23(32)21(19-16-38-25(30(19)34)28-20(31)15-27)29-37-26(2,3)24(33)36-22(17-11-7-5-8-12-17)18-13-9-6-10-14-18/h5-14,16,22,34H,4,15H2,1-3H3/b28-25?,29-21-. The third kappa shape index (κ3) is 7.08. The van der Waals surface area contributed by atoms with E-state index in [9.17, 15) is 19.6 Å². The molecule has 1 N–H and O–H groups in total. The largest absolute Gasteiger partial charge is 0.461 e. The highest BCUT2D eigenvalue weighted by Gasteiger charge is 2.36. The van der Waals surface area contributed by atoms with E-state index >= 15 is 0 Å². The molecular formula is C26H26ClN3O7S. The Labute approximate surface area is 227 Å². The van der Waals surface area contributed by atoms with Gasteiger partial charge in [-0.3, -0.25) is 4.79 Å². The molecule has 10 nitrogen and oxygen atoms in total. The number of benzene rings is 2. The summed E-state index contributed by atoms with van der Waals surface area (Å²) in [6.07, 6.45) is -0.721. The number of alkyl halides is 1. The summed E-state index contributed by atoms with van der Waals surface area (Å²) in [5.41, 5.74) is -0.765. The predicted molar refractivity (Wildman–Crippen MR) is 140 cm³/mol. The second-order valence-corrected chi connectivity index (χ2v) is 9.33. The van der Waals surface area contributed by atoms with Gasteiger partial charge in [0.15, 0.2) is 6.10 Å². The third-order valence-corrected chi connectivity index (χ3v) is 6.06. The first-order valence-electron chi connectivity index (χ1n) is 11.5. The molecule has 0 saturated carbocycles. The van der Waals surface area contributed by atoms with E-state index in [-0.39, 0.29) is 17.1 Å². The Morgan fingerprint density at radius 2 is 1.63 bits per heavy atom. The Kier molecular flexibility index (Phi) is 9.80. The van der Waals surface area contributed by atoms with Crippen LogP contribution in [0, 0.1) is 0 Å². The molecule has 1 heterocycles. The van der Waals surface area contributed by atoms with Crippen molar-refractivity contribution in [2.45, 2.75) is 32.5 Å². The molecule has 200 valence electrons. The van der Waals surface area contributed by atoms with E-state index in [1.807, 2.05) is 60.7 Å². The van der Waals surface area contributed by atoms with E-state index in [0.717, 1.165) is 22.5 Å². The van der Waals surface area contributed by atoms with Gasteiger partial charge in [-0.15, -0.1) is 22.9 Å². The number of nitrogens with zero attached hydrogens (tertiary/aromatic N) is 3. The monoisotopic (exact) mass is 559 g/mol. The van der Waals surface area contributed by atoms with Crippen molar-refractivity contribution in [3.8, 4) is 0 Å². The Bertz CT molecular complexity index is 1330. The zero-order valence-electron chi connectivity index (χ0n) is 20.9. The first-order chi connectivity index (χ1) is 18.2. The molecule has 0 unspecified atom stereocenters. The highest BCUT2D eigenvalue weighted by Crippen LogP contribution is 2.28. The summed E-state index contributed by atoms with van der Waals surface area (Å²) in [5.74, 6) is -2.77. The molecule has 3 rings (SSSR count). The lowest BCUT2D eigenvalue weighted by Crippen LogP contribution is -2.37. The molecule has 0 aliphatic heterocycles. The fourth-order valence-electron chi connectivity index (χ4n) is 3.10. The number of thiazole rings is 1. The summed E-state index contributed by atoms with van der Waals surface area (Å²) in [6, 6.07) is 18.4. The van der Waals surface area contributed by atoms with Gasteiger partial charge in [0, 0.05) is 5.38 Å². The van der Waals surface area contributed by atoms with Crippen LogP contribution < -0.4 is 4.80 Å². The zero-order valence-corrected chi connectivity index (χ0v) is 22.4. The van der Waals surface area contributed by atoms with Crippen LogP contribution in [0.15, 0.2) is 76.2 Å². The van der Waals surface area contributed by atoms with Crippen molar-refractivity contribution in [2.24, 2.45) is 10.1 Å². The molecule has 0 spiro atoms. The number of hydrogen-bond donors (Lipinski definition) is 1. The topological polar surface area (TPSA) is 129 Å². The fraction of sp³-hybridized carbons (Fsp3) is 0.269. The Hall–Kier alpha value is -3.96. The van der Waals surface area contributed by atoms with Crippen molar-refractivity contribution in [1.82, 2.24) is 4.73 Å². The van der Waals surface area contributed by atoms with Gasteiger partial charge < -0.3 is 19.5 Å².